The van der Waals surface area contributed by atoms with E-state index in [9.17, 15) is 9.90 Å². The third kappa shape index (κ3) is 8.96. The van der Waals surface area contributed by atoms with Crippen molar-refractivity contribution in [3.05, 3.63) is 107 Å². The molecular weight excluding hydrogens is 544 g/mol. The highest BCUT2D eigenvalue weighted by atomic mass is 16.5. The molecular formula is C36H42O7. The van der Waals surface area contributed by atoms with Gasteiger partial charge in [0.2, 0.25) is 0 Å². The lowest BCUT2D eigenvalue weighted by Crippen LogP contribution is -2.29. The molecule has 0 spiro atoms. The molecule has 7 nitrogen and oxygen atoms in total. The molecule has 1 aliphatic rings. The van der Waals surface area contributed by atoms with Crippen LogP contribution >= 0.6 is 0 Å². The molecule has 0 fully saturated rings. The summed E-state index contributed by atoms with van der Waals surface area (Å²) in [6, 6.07) is 19.3. The largest absolute Gasteiger partial charge is 0.493 e. The summed E-state index contributed by atoms with van der Waals surface area (Å²) < 4.78 is 29.8. The molecule has 2 unspecified atom stereocenters. The normalized spacial score (nSPS) is 15.7. The SMILES string of the molecule is CCCc1c(OCCCOc2cc(OCc3ccccc3)c(C(=O)COC)cc2CC)cccc1OC1C=CC=CC1O. The average molecular weight is 587 g/mol. The van der Waals surface area contributed by atoms with Crippen LogP contribution in [0.1, 0.15) is 53.7 Å². The maximum Gasteiger partial charge on any atom is 0.192 e. The van der Waals surface area contributed by atoms with Gasteiger partial charge in [-0.05, 0) is 48.2 Å². The van der Waals surface area contributed by atoms with Crippen LogP contribution in [0.2, 0.25) is 0 Å². The Hall–Kier alpha value is -4.07. The van der Waals surface area contributed by atoms with Crippen molar-refractivity contribution in [2.75, 3.05) is 26.9 Å². The molecule has 1 aliphatic carbocycles. The summed E-state index contributed by atoms with van der Waals surface area (Å²) in [7, 11) is 1.51. The fourth-order valence-electron chi connectivity index (χ4n) is 4.84. The number of hydrogen-bond acceptors (Lipinski definition) is 7. The number of ether oxygens (including phenoxy) is 5. The minimum absolute atomic E-state index is 0.0242. The lowest BCUT2D eigenvalue weighted by Gasteiger charge is -2.23. The average Bonchev–Trinajstić information content (AvgIpc) is 3.02. The van der Waals surface area contributed by atoms with E-state index in [4.69, 9.17) is 23.7 Å². The van der Waals surface area contributed by atoms with E-state index in [2.05, 4.69) is 6.92 Å². The smallest absolute Gasteiger partial charge is 0.192 e. The Kier molecular flexibility index (Phi) is 12.3. The lowest BCUT2D eigenvalue weighted by atomic mass is 10.0. The van der Waals surface area contributed by atoms with Gasteiger partial charge in [0.15, 0.2) is 5.78 Å². The Morgan fingerprint density at radius 3 is 2.30 bits per heavy atom. The van der Waals surface area contributed by atoms with Gasteiger partial charge in [-0.15, -0.1) is 0 Å². The van der Waals surface area contributed by atoms with Crippen molar-refractivity contribution >= 4 is 5.78 Å². The number of aliphatic hydroxyl groups excluding tert-OH is 1. The number of aryl methyl sites for hydroxylation is 1. The summed E-state index contributed by atoms with van der Waals surface area (Å²) in [5, 5.41) is 10.3. The third-order valence-electron chi connectivity index (χ3n) is 7.07. The Morgan fingerprint density at radius 1 is 0.837 bits per heavy atom. The molecule has 0 heterocycles. The van der Waals surface area contributed by atoms with Gasteiger partial charge in [0.1, 0.15) is 48.4 Å². The van der Waals surface area contributed by atoms with Crippen LogP contribution in [-0.4, -0.2) is 50.0 Å². The van der Waals surface area contributed by atoms with Gasteiger partial charge in [-0.2, -0.15) is 0 Å². The number of rotatable bonds is 17. The van der Waals surface area contributed by atoms with Crippen LogP contribution in [0.25, 0.3) is 0 Å². The summed E-state index contributed by atoms with van der Waals surface area (Å²) >= 11 is 0. The molecule has 3 aromatic carbocycles. The summed E-state index contributed by atoms with van der Waals surface area (Å²) in [5.41, 5.74) is 3.41. The second kappa shape index (κ2) is 16.5. The van der Waals surface area contributed by atoms with Gasteiger partial charge in [0.25, 0.3) is 0 Å². The minimum Gasteiger partial charge on any atom is -0.493 e. The Bertz CT molecular complexity index is 1380. The van der Waals surface area contributed by atoms with Gasteiger partial charge < -0.3 is 28.8 Å². The van der Waals surface area contributed by atoms with Gasteiger partial charge >= 0.3 is 0 Å². The number of methoxy groups -OCH3 is 1. The van der Waals surface area contributed by atoms with E-state index in [1.54, 1.807) is 6.08 Å². The second-order valence-corrected chi connectivity index (χ2v) is 10.3. The zero-order valence-corrected chi connectivity index (χ0v) is 25.3. The molecule has 0 bridgehead atoms. The Morgan fingerprint density at radius 2 is 1.58 bits per heavy atom. The Balaban J connectivity index is 1.40. The number of benzene rings is 3. The maximum absolute atomic E-state index is 12.8. The van der Waals surface area contributed by atoms with Gasteiger partial charge in [-0.25, -0.2) is 0 Å². The number of Topliss-reactive ketones (excluding diaryl/α,β-unsaturated/α-hetero) is 1. The predicted octanol–water partition coefficient (Wildman–Crippen LogP) is 6.69. The molecule has 2 atom stereocenters. The van der Waals surface area contributed by atoms with Crippen LogP contribution in [0, 0.1) is 0 Å². The van der Waals surface area contributed by atoms with E-state index in [1.807, 2.05) is 85.8 Å². The van der Waals surface area contributed by atoms with Crippen LogP contribution in [0.5, 0.6) is 23.0 Å². The number of aliphatic hydroxyl groups is 1. The first-order chi connectivity index (χ1) is 21.0. The standard InChI is InChI=1S/C36H42O7/c1-4-13-28-32(18-11-19-33(28)43-34-17-10-9-16-30(34)37)40-20-12-21-41-35-23-36(42-24-26-14-7-6-8-15-26)29(22-27(35)5-2)31(38)25-39-3/h6-11,14-19,22-23,30,34,37H,4-5,12-13,20-21,24-25H2,1-3H3. The topological polar surface area (TPSA) is 83.5 Å². The van der Waals surface area contributed by atoms with Gasteiger partial charge in [0.05, 0.1) is 18.8 Å². The summed E-state index contributed by atoms with van der Waals surface area (Å²) in [4.78, 5) is 12.8. The van der Waals surface area contributed by atoms with Crippen LogP contribution in [0.4, 0.5) is 0 Å². The van der Waals surface area contributed by atoms with E-state index >= 15 is 0 Å². The molecule has 0 aromatic heterocycles. The van der Waals surface area contributed by atoms with E-state index in [0.29, 0.717) is 49.7 Å². The molecule has 0 aliphatic heterocycles. The first kappa shape index (κ1) is 31.9. The quantitative estimate of drug-likeness (QED) is 0.139. The van der Waals surface area contributed by atoms with Crippen molar-refractivity contribution in [1.29, 1.82) is 0 Å². The Labute approximate surface area is 254 Å². The monoisotopic (exact) mass is 586 g/mol. The maximum atomic E-state index is 12.8. The van der Waals surface area contributed by atoms with Crippen molar-refractivity contribution in [1.82, 2.24) is 0 Å². The van der Waals surface area contributed by atoms with E-state index in [1.165, 1.54) is 7.11 Å². The summed E-state index contributed by atoms with van der Waals surface area (Å²) in [6.45, 7) is 5.35. The first-order valence-electron chi connectivity index (χ1n) is 15.0. The molecule has 3 aromatic rings. The zero-order valence-electron chi connectivity index (χ0n) is 25.3. The van der Waals surface area contributed by atoms with Gasteiger partial charge in [-0.3, -0.25) is 4.79 Å². The number of carbonyl (C=O) groups is 1. The van der Waals surface area contributed by atoms with Crippen LogP contribution in [-0.2, 0) is 24.2 Å². The van der Waals surface area contributed by atoms with Gasteiger partial charge in [0, 0.05) is 25.2 Å². The van der Waals surface area contributed by atoms with Crippen molar-refractivity contribution in [2.24, 2.45) is 0 Å². The fourth-order valence-corrected chi connectivity index (χ4v) is 4.84. The third-order valence-corrected chi connectivity index (χ3v) is 7.07. The fraction of sp³-hybridized carbons (Fsp3) is 0.361. The molecule has 0 amide bonds. The van der Waals surface area contributed by atoms with Crippen LogP contribution in [0.3, 0.4) is 0 Å². The highest BCUT2D eigenvalue weighted by molar-refractivity contribution is 6.00. The van der Waals surface area contributed by atoms with Crippen LogP contribution in [0.15, 0.2) is 85.0 Å². The zero-order chi connectivity index (χ0) is 30.4. The summed E-state index contributed by atoms with van der Waals surface area (Å²) in [5.74, 6) is 2.52. The lowest BCUT2D eigenvalue weighted by molar-refractivity contribution is 0.0843. The number of allylic oxidation sites excluding steroid dienone is 2. The first-order valence-corrected chi connectivity index (χ1v) is 15.0. The van der Waals surface area contributed by atoms with Crippen molar-refractivity contribution in [3.8, 4) is 23.0 Å². The molecule has 0 radical (unpaired) electrons. The molecule has 0 saturated heterocycles. The number of ketones is 1. The van der Waals surface area contributed by atoms with Gasteiger partial charge in [-0.1, -0.05) is 74.9 Å². The predicted molar refractivity (Wildman–Crippen MR) is 168 cm³/mol. The van der Waals surface area contributed by atoms with E-state index in [-0.39, 0.29) is 12.4 Å². The highest BCUT2D eigenvalue weighted by Crippen LogP contribution is 2.33. The van der Waals surface area contributed by atoms with E-state index < -0.39 is 12.2 Å². The van der Waals surface area contributed by atoms with Crippen molar-refractivity contribution in [2.45, 2.75) is 58.3 Å². The summed E-state index contributed by atoms with van der Waals surface area (Å²) in [6.07, 6.45) is 9.22. The molecule has 7 heteroatoms. The number of carbonyl (C=O) groups excluding carboxylic acids is 1. The molecule has 4 rings (SSSR count). The highest BCUT2D eigenvalue weighted by Gasteiger charge is 2.21. The number of hydrogen-bond donors (Lipinski definition) is 1. The molecule has 228 valence electrons. The minimum atomic E-state index is -0.689. The van der Waals surface area contributed by atoms with Crippen LogP contribution < -0.4 is 18.9 Å². The van der Waals surface area contributed by atoms with Crippen molar-refractivity contribution in [3.63, 3.8) is 0 Å². The van der Waals surface area contributed by atoms with Crippen molar-refractivity contribution < 1.29 is 33.6 Å². The van der Waals surface area contributed by atoms with E-state index in [0.717, 1.165) is 41.0 Å². The second-order valence-electron chi connectivity index (χ2n) is 10.3. The molecule has 0 saturated carbocycles. The molecule has 43 heavy (non-hydrogen) atoms. The molecule has 1 N–H and O–H groups in total.